The van der Waals surface area contributed by atoms with E-state index >= 15 is 0 Å². The Labute approximate surface area is 83.6 Å². The molecular formula is C12H14N2. The zero-order chi connectivity index (χ0) is 9.54. The molecule has 0 amide bonds. The lowest BCUT2D eigenvalue weighted by molar-refractivity contribution is 0.377. The van der Waals surface area contributed by atoms with Gasteiger partial charge in [0.15, 0.2) is 0 Å². The summed E-state index contributed by atoms with van der Waals surface area (Å²) in [6.07, 6.45) is 3.86. The highest BCUT2D eigenvalue weighted by Crippen LogP contribution is 2.24. The Morgan fingerprint density at radius 3 is 3.14 bits per heavy atom. The average Bonchev–Trinajstić information content (AvgIpc) is 2.53. The van der Waals surface area contributed by atoms with Crippen LogP contribution in [-0.2, 0) is 0 Å². The summed E-state index contributed by atoms with van der Waals surface area (Å²) in [5, 5.41) is 2.42. The molecule has 1 aromatic rings. The van der Waals surface area contributed by atoms with Crippen molar-refractivity contribution in [3.8, 4) is 0 Å². The summed E-state index contributed by atoms with van der Waals surface area (Å²) < 4.78 is 0. The van der Waals surface area contributed by atoms with Gasteiger partial charge in [-0.15, -0.1) is 0 Å². The predicted molar refractivity (Wildman–Crippen MR) is 56.0 cm³/mol. The molecule has 0 saturated carbocycles. The van der Waals surface area contributed by atoms with Crippen LogP contribution >= 0.6 is 0 Å². The van der Waals surface area contributed by atoms with E-state index in [9.17, 15) is 0 Å². The first-order valence-electron chi connectivity index (χ1n) is 5.23. The summed E-state index contributed by atoms with van der Waals surface area (Å²) in [6.45, 7) is 3.45. The van der Waals surface area contributed by atoms with Gasteiger partial charge >= 0.3 is 0 Å². The number of para-hydroxylation sites is 1. The van der Waals surface area contributed by atoms with Crippen LogP contribution < -0.4 is 10.6 Å². The SMILES string of the molecule is CC1CC2N=c3ccccc3=CN2C1. The molecule has 2 heterocycles. The highest BCUT2D eigenvalue weighted by Gasteiger charge is 2.27. The summed E-state index contributed by atoms with van der Waals surface area (Å²) in [6, 6.07) is 8.37. The molecule has 3 rings (SSSR count). The van der Waals surface area contributed by atoms with Gasteiger partial charge in [-0.1, -0.05) is 25.1 Å². The predicted octanol–water partition coefficient (Wildman–Crippen LogP) is 0.726. The van der Waals surface area contributed by atoms with Crippen LogP contribution in [0.1, 0.15) is 13.3 Å². The summed E-state index contributed by atoms with van der Waals surface area (Å²) in [5.41, 5.74) is 0. The number of benzene rings is 1. The molecular weight excluding hydrogens is 172 g/mol. The number of hydrogen-bond donors (Lipinski definition) is 0. The maximum atomic E-state index is 4.75. The van der Waals surface area contributed by atoms with Gasteiger partial charge in [0.25, 0.3) is 0 Å². The highest BCUT2D eigenvalue weighted by molar-refractivity contribution is 5.26. The van der Waals surface area contributed by atoms with Crippen LogP contribution in [0.2, 0.25) is 0 Å². The minimum atomic E-state index is 0.403. The molecule has 14 heavy (non-hydrogen) atoms. The Bertz CT molecular complexity index is 420. The maximum absolute atomic E-state index is 4.75. The monoisotopic (exact) mass is 186 g/mol. The van der Waals surface area contributed by atoms with Crippen molar-refractivity contribution in [2.75, 3.05) is 6.54 Å². The van der Waals surface area contributed by atoms with E-state index < -0.39 is 0 Å². The lowest BCUT2D eigenvalue weighted by Gasteiger charge is -2.21. The second-order valence-corrected chi connectivity index (χ2v) is 4.34. The molecule has 1 aromatic carbocycles. The molecule has 0 N–H and O–H groups in total. The van der Waals surface area contributed by atoms with Gasteiger partial charge in [0.05, 0.1) is 5.36 Å². The zero-order valence-electron chi connectivity index (χ0n) is 8.35. The standard InChI is InChI=1S/C12H14N2/c1-9-6-12-13-11-5-3-2-4-10(11)8-14(12)7-9/h2-5,8-9,12H,6-7H2,1H3. The van der Waals surface area contributed by atoms with Crippen molar-refractivity contribution in [3.05, 3.63) is 34.8 Å². The van der Waals surface area contributed by atoms with Crippen molar-refractivity contribution >= 4 is 6.20 Å². The van der Waals surface area contributed by atoms with Gasteiger partial charge in [0.1, 0.15) is 6.17 Å². The number of hydrogen-bond acceptors (Lipinski definition) is 2. The van der Waals surface area contributed by atoms with Crippen LogP contribution in [0.3, 0.4) is 0 Å². The van der Waals surface area contributed by atoms with E-state index in [0.717, 1.165) is 17.8 Å². The van der Waals surface area contributed by atoms with Crippen LogP contribution in [-0.4, -0.2) is 17.6 Å². The smallest absolute Gasteiger partial charge is 0.121 e. The molecule has 2 aliphatic heterocycles. The van der Waals surface area contributed by atoms with E-state index in [0.29, 0.717) is 6.17 Å². The Hall–Kier alpha value is -1.31. The lowest BCUT2D eigenvalue weighted by atomic mass is 10.1. The van der Waals surface area contributed by atoms with Crippen LogP contribution in [0.4, 0.5) is 0 Å². The molecule has 2 heteroatoms. The second-order valence-electron chi connectivity index (χ2n) is 4.34. The van der Waals surface area contributed by atoms with Crippen LogP contribution in [0, 0.1) is 5.92 Å². The van der Waals surface area contributed by atoms with Gasteiger partial charge in [-0.25, -0.2) is 0 Å². The third-order valence-electron chi connectivity index (χ3n) is 3.05. The zero-order valence-corrected chi connectivity index (χ0v) is 8.35. The fourth-order valence-electron chi connectivity index (χ4n) is 2.37. The molecule has 0 aliphatic carbocycles. The molecule has 2 nitrogen and oxygen atoms in total. The van der Waals surface area contributed by atoms with E-state index in [-0.39, 0.29) is 0 Å². The fourth-order valence-corrected chi connectivity index (χ4v) is 2.37. The Morgan fingerprint density at radius 2 is 2.21 bits per heavy atom. The normalized spacial score (nSPS) is 28.8. The minimum absolute atomic E-state index is 0.403. The first-order chi connectivity index (χ1) is 6.83. The molecule has 2 atom stereocenters. The summed E-state index contributed by atoms with van der Waals surface area (Å²) in [4.78, 5) is 7.12. The fraction of sp³-hybridized carbons (Fsp3) is 0.417. The maximum Gasteiger partial charge on any atom is 0.121 e. The van der Waals surface area contributed by atoms with Crippen LogP contribution in [0.25, 0.3) is 6.20 Å². The summed E-state index contributed by atoms with van der Waals surface area (Å²) in [5.74, 6) is 0.773. The third kappa shape index (κ3) is 1.14. The van der Waals surface area contributed by atoms with Crippen molar-refractivity contribution < 1.29 is 0 Å². The Kier molecular flexibility index (Phi) is 1.63. The molecule has 1 fully saturated rings. The van der Waals surface area contributed by atoms with Crippen LogP contribution in [0.15, 0.2) is 29.3 Å². The van der Waals surface area contributed by atoms with E-state index in [1.54, 1.807) is 0 Å². The van der Waals surface area contributed by atoms with Gasteiger partial charge in [-0.2, -0.15) is 0 Å². The quantitative estimate of drug-likeness (QED) is 0.583. The number of fused-ring (bicyclic) bond motifs is 2. The second kappa shape index (κ2) is 2.84. The molecule has 2 aliphatic rings. The van der Waals surface area contributed by atoms with Gasteiger partial charge in [-0.3, -0.25) is 4.99 Å². The van der Waals surface area contributed by atoms with Gasteiger partial charge in [0, 0.05) is 18.0 Å². The first-order valence-corrected chi connectivity index (χ1v) is 5.23. The summed E-state index contributed by atoms with van der Waals surface area (Å²) >= 11 is 0. The van der Waals surface area contributed by atoms with Crippen molar-refractivity contribution in [3.63, 3.8) is 0 Å². The minimum Gasteiger partial charge on any atom is -0.355 e. The lowest BCUT2D eigenvalue weighted by Crippen LogP contribution is -2.38. The van der Waals surface area contributed by atoms with Crippen molar-refractivity contribution in [1.82, 2.24) is 4.90 Å². The molecule has 2 unspecified atom stereocenters. The number of rotatable bonds is 0. The Balaban J connectivity index is 2.15. The average molecular weight is 186 g/mol. The molecule has 72 valence electrons. The third-order valence-corrected chi connectivity index (χ3v) is 3.05. The van der Waals surface area contributed by atoms with Crippen molar-refractivity contribution in [2.24, 2.45) is 10.9 Å². The largest absolute Gasteiger partial charge is 0.355 e. The summed E-state index contributed by atoms with van der Waals surface area (Å²) in [7, 11) is 0. The van der Waals surface area contributed by atoms with E-state index in [1.165, 1.54) is 11.6 Å². The van der Waals surface area contributed by atoms with Gasteiger partial charge in [-0.05, 0) is 18.4 Å². The van der Waals surface area contributed by atoms with E-state index in [2.05, 4.69) is 42.3 Å². The topological polar surface area (TPSA) is 15.6 Å². The molecule has 0 spiro atoms. The van der Waals surface area contributed by atoms with Crippen molar-refractivity contribution in [2.45, 2.75) is 19.5 Å². The molecule has 1 saturated heterocycles. The van der Waals surface area contributed by atoms with E-state index in [1.807, 2.05) is 0 Å². The Morgan fingerprint density at radius 1 is 1.36 bits per heavy atom. The molecule has 0 aromatic heterocycles. The number of nitrogens with zero attached hydrogens (tertiary/aromatic N) is 2. The highest BCUT2D eigenvalue weighted by atomic mass is 15.3. The van der Waals surface area contributed by atoms with Crippen molar-refractivity contribution in [1.29, 1.82) is 0 Å². The van der Waals surface area contributed by atoms with Gasteiger partial charge < -0.3 is 4.90 Å². The first kappa shape index (κ1) is 8.04. The molecule has 0 radical (unpaired) electrons. The van der Waals surface area contributed by atoms with E-state index in [4.69, 9.17) is 4.99 Å². The van der Waals surface area contributed by atoms with Gasteiger partial charge in [0.2, 0.25) is 0 Å². The van der Waals surface area contributed by atoms with Crippen LogP contribution in [0.5, 0.6) is 0 Å². The molecule has 0 bridgehead atoms.